The fourth-order valence-corrected chi connectivity index (χ4v) is 3.68. The van der Waals surface area contributed by atoms with Gasteiger partial charge in [0.2, 0.25) is 0 Å². The highest BCUT2D eigenvalue weighted by molar-refractivity contribution is 6.46. The quantitative estimate of drug-likeness (QED) is 0.456. The molecule has 7 heteroatoms. The monoisotopic (exact) mass is 460 g/mol. The van der Waals surface area contributed by atoms with Gasteiger partial charge in [-0.2, -0.15) is 0 Å². The Morgan fingerprint density at radius 1 is 0.912 bits per heavy atom. The Bertz CT molecular complexity index is 1230. The normalized spacial score (nSPS) is 13.6. The number of amides is 2. The van der Waals surface area contributed by atoms with Crippen molar-refractivity contribution in [2.24, 2.45) is 0 Å². The van der Waals surface area contributed by atoms with Crippen molar-refractivity contribution < 1.29 is 23.5 Å². The SMILES string of the molecule is CCOc1ccc(NC2=C(c3ccc(OC(C)C)cc3)C(=O)N(c3cccc(F)c3)C2=O)cc1. The van der Waals surface area contributed by atoms with E-state index in [0.717, 1.165) is 11.0 Å². The summed E-state index contributed by atoms with van der Waals surface area (Å²) < 4.78 is 25.0. The molecule has 4 rings (SSSR count). The lowest BCUT2D eigenvalue weighted by molar-refractivity contribution is -0.120. The highest BCUT2D eigenvalue weighted by Crippen LogP contribution is 2.35. The van der Waals surface area contributed by atoms with Gasteiger partial charge in [-0.25, -0.2) is 9.29 Å². The minimum Gasteiger partial charge on any atom is -0.494 e. The number of benzene rings is 3. The Hall–Kier alpha value is -4.13. The predicted octanol–water partition coefficient (Wildman–Crippen LogP) is 5.41. The van der Waals surface area contributed by atoms with Crippen molar-refractivity contribution in [2.45, 2.75) is 26.9 Å². The van der Waals surface area contributed by atoms with E-state index < -0.39 is 17.6 Å². The Kier molecular flexibility index (Phi) is 6.63. The number of rotatable bonds is 8. The fraction of sp³-hybridized carbons (Fsp3) is 0.185. The predicted molar refractivity (Wildman–Crippen MR) is 129 cm³/mol. The minimum absolute atomic E-state index is 0.000103. The van der Waals surface area contributed by atoms with Gasteiger partial charge in [-0.15, -0.1) is 0 Å². The van der Waals surface area contributed by atoms with E-state index in [2.05, 4.69) is 5.32 Å². The summed E-state index contributed by atoms with van der Waals surface area (Å²) in [6.45, 7) is 6.27. The van der Waals surface area contributed by atoms with Gasteiger partial charge in [0.15, 0.2) is 0 Å². The van der Waals surface area contributed by atoms with Gasteiger partial charge in [0, 0.05) is 5.69 Å². The van der Waals surface area contributed by atoms with Crippen LogP contribution < -0.4 is 19.7 Å². The van der Waals surface area contributed by atoms with Crippen LogP contribution in [0.1, 0.15) is 26.3 Å². The number of anilines is 2. The smallest absolute Gasteiger partial charge is 0.282 e. The standard InChI is InChI=1S/C27H25FN2O4/c1-4-33-22-14-10-20(11-15-22)29-25-24(18-8-12-23(13-9-18)34-17(2)3)26(31)30(27(25)32)21-7-5-6-19(28)16-21/h5-17,29H,4H2,1-3H3. The molecule has 0 aliphatic carbocycles. The van der Waals surface area contributed by atoms with Crippen molar-refractivity contribution in [1.82, 2.24) is 0 Å². The second kappa shape index (κ2) is 9.79. The van der Waals surface area contributed by atoms with E-state index in [4.69, 9.17) is 9.47 Å². The highest BCUT2D eigenvalue weighted by atomic mass is 19.1. The average molecular weight is 461 g/mol. The summed E-state index contributed by atoms with van der Waals surface area (Å²) >= 11 is 0. The number of hydrogen-bond acceptors (Lipinski definition) is 5. The van der Waals surface area contributed by atoms with Gasteiger partial charge in [-0.3, -0.25) is 9.59 Å². The molecule has 0 unspecified atom stereocenters. The minimum atomic E-state index is -0.568. The van der Waals surface area contributed by atoms with Crippen LogP contribution >= 0.6 is 0 Å². The van der Waals surface area contributed by atoms with Gasteiger partial charge in [0.05, 0.1) is 24.0 Å². The van der Waals surface area contributed by atoms with Crippen molar-refractivity contribution in [3.63, 3.8) is 0 Å². The topological polar surface area (TPSA) is 67.9 Å². The van der Waals surface area contributed by atoms with Crippen LogP contribution in [0, 0.1) is 5.82 Å². The molecular weight excluding hydrogens is 435 g/mol. The summed E-state index contributed by atoms with van der Waals surface area (Å²) in [7, 11) is 0. The van der Waals surface area contributed by atoms with Gasteiger partial charge < -0.3 is 14.8 Å². The van der Waals surface area contributed by atoms with E-state index in [1.165, 1.54) is 18.2 Å². The first-order valence-electron chi connectivity index (χ1n) is 11.0. The lowest BCUT2D eigenvalue weighted by Gasteiger charge is -2.15. The zero-order valence-electron chi connectivity index (χ0n) is 19.2. The van der Waals surface area contributed by atoms with E-state index in [9.17, 15) is 14.0 Å². The highest BCUT2D eigenvalue weighted by Gasteiger charge is 2.40. The number of nitrogens with one attached hydrogen (secondary N) is 1. The first-order chi connectivity index (χ1) is 16.4. The molecule has 174 valence electrons. The van der Waals surface area contributed by atoms with Crippen LogP contribution in [0.5, 0.6) is 11.5 Å². The van der Waals surface area contributed by atoms with Crippen LogP contribution in [0.4, 0.5) is 15.8 Å². The van der Waals surface area contributed by atoms with Gasteiger partial charge in [-0.1, -0.05) is 18.2 Å². The Morgan fingerprint density at radius 2 is 1.59 bits per heavy atom. The number of carbonyl (C=O) groups excluding carboxylic acids is 2. The maximum Gasteiger partial charge on any atom is 0.282 e. The molecule has 34 heavy (non-hydrogen) atoms. The van der Waals surface area contributed by atoms with Gasteiger partial charge in [0.25, 0.3) is 11.8 Å². The van der Waals surface area contributed by atoms with Gasteiger partial charge >= 0.3 is 0 Å². The molecule has 0 saturated carbocycles. The van der Waals surface area contributed by atoms with E-state index in [-0.39, 0.29) is 23.1 Å². The van der Waals surface area contributed by atoms with Gasteiger partial charge in [-0.05, 0) is 80.9 Å². The van der Waals surface area contributed by atoms with E-state index in [1.807, 2.05) is 20.8 Å². The van der Waals surface area contributed by atoms with E-state index in [0.29, 0.717) is 29.4 Å². The lowest BCUT2D eigenvalue weighted by Crippen LogP contribution is -2.32. The van der Waals surface area contributed by atoms with E-state index >= 15 is 0 Å². The summed E-state index contributed by atoms with van der Waals surface area (Å²) in [6.07, 6.45) is 0.000103. The van der Waals surface area contributed by atoms with Crippen molar-refractivity contribution in [2.75, 3.05) is 16.8 Å². The Morgan fingerprint density at radius 3 is 2.21 bits per heavy atom. The second-order valence-corrected chi connectivity index (χ2v) is 7.95. The summed E-state index contributed by atoms with van der Waals surface area (Å²) in [5.74, 6) is -0.302. The van der Waals surface area contributed by atoms with Gasteiger partial charge in [0.1, 0.15) is 23.0 Å². The average Bonchev–Trinajstić information content (AvgIpc) is 3.05. The third kappa shape index (κ3) is 4.78. The maximum absolute atomic E-state index is 13.9. The molecule has 1 heterocycles. The Balaban J connectivity index is 1.74. The Labute approximate surface area is 197 Å². The van der Waals surface area contributed by atoms with Crippen LogP contribution in [-0.2, 0) is 9.59 Å². The molecule has 0 radical (unpaired) electrons. The molecule has 2 amide bonds. The molecule has 0 aromatic heterocycles. The molecule has 0 atom stereocenters. The third-order valence-corrected chi connectivity index (χ3v) is 5.10. The molecule has 6 nitrogen and oxygen atoms in total. The fourth-order valence-electron chi connectivity index (χ4n) is 3.68. The van der Waals surface area contributed by atoms with Crippen LogP contribution in [0.3, 0.4) is 0 Å². The molecule has 1 aliphatic heterocycles. The zero-order chi connectivity index (χ0) is 24.2. The molecular formula is C27H25FN2O4. The summed E-state index contributed by atoms with van der Waals surface area (Å²) in [4.78, 5) is 27.9. The first-order valence-corrected chi connectivity index (χ1v) is 11.0. The largest absolute Gasteiger partial charge is 0.494 e. The molecule has 0 fully saturated rings. The van der Waals surface area contributed by atoms with Crippen LogP contribution in [-0.4, -0.2) is 24.5 Å². The number of ether oxygens (including phenoxy) is 2. The molecule has 0 spiro atoms. The molecule has 1 aliphatic rings. The number of carbonyl (C=O) groups is 2. The van der Waals surface area contributed by atoms with Crippen molar-refractivity contribution >= 4 is 28.8 Å². The molecule has 0 saturated heterocycles. The van der Waals surface area contributed by atoms with Crippen LogP contribution in [0.2, 0.25) is 0 Å². The van der Waals surface area contributed by atoms with Crippen molar-refractivity contribution in [3.8, 4) is 11.5 Å². The molecule has 3 aromatic rings. The van der Waals surface area contributed by atoms with Crippen molar-refractivity contribution in [1.29, 1.82) is 0 Å². The number of nitrogens with zero attached hydrogens (tertiary/aromatic N) is 1. The summed E-state index contributed by atoms with van der Waals surface area (Å²) in [5.41, 5.74) is 1.62. The molecule has 3 aromatic carbocycles. The number of imide groups is 1. The van der Waals surface area contributed by atoms with Crippen molar-refractivity contribution in [3.05, 3.63) is 89.9 Å². The third-order valence-electron chi connectivity index (χ3n) is 5.10. The molecule has 0 bridgehead atoms. The maximum atomic E-state index is 13.9. The number of hydrogen-bond donors (Lipinski definition) is 1. The van der Waals surface area contributed by atoms with Crippen LogP contribution in [0.15, 0.2) is 78.5 Å². The van der Waals surface area contributed by atoms with Crippen LogP contribution in [0.25, 0.3) is 5.57 Å². The van der Waals surface area contributed by atoms with E-state index in [1.54, 1.807) is 48.5 Å². The summed E-state index contributed by atoms with van der Waals surface area (Å²) in [6, 6.07) is 19.4. The zero-order valence-corrected chi connectivity index (χ0v) is 19.2. The summed E-state index contributed by atoms with van der Waals surface area (Å²) in [5, 5.41) is 3.09. The molecule has 1 N–H and O–H groups in total. The lowest BCUT2D eigenvalue weighted by atomic mass is 10.0. The first kappa shape index (κ1) is 23.0. The second-order valence-electron chi connectivity index (χ2n) is 7.95. The number of halogens is 1.